The van der Waals surface area contributed by atoms with Gasteiger partial charge < -0.3 is 24.6 Å². The van der Waals surface area contributed by atoms with Crippen LogP contribution in [-0.2, 0) is 25.5 Å². The number of nitrogens with zero attached hydrogens (tertiary/aromatic N) is 1. The van der Waals surface area contributed by atoms with Gasteiger partial charge in [-0.3, -0.25) is 4.79 Å². The first-order valence-corrected chi connectivity index (χ1v) is 9.00. The zero-order chi connectivity index (χ0) is 20.1. The van der Waals surface area contributed by atoms with Crippen molar-refractivity contribution in [1.82, 2.24) is 15.8 Å². The third kappa shape index (κ3) is 4.13. The summed E-state index contributed by atoms with van der Waals surface area (Å²) in [5.74, 6) is -1.12. The molecule has 1 aliphatic rings. The second kappa shape index (κ2) is 8.55. The molecule has 2 N–H and O–H groups in total. The van der Waals surface area contributed by atoms with Crippen molar-refractivity contribution in [3.8, 4) is 0 Å². The van der Waals surface area contributed by atoms with E-state index in [9.17, 15) is 14.4 Å². The molecule has 9 nitrogen and oxygen atoms in total. The molecule has 1 atom stereocenters. The number of hydrogen-bond donors (Lipinski definition) is 2. The van der Waals surface area contributed by atoms with Gasteiger partial charge in [-0.05, 0) is 25.5 Å². The number of fused-ring (bicyclic) bond motifs is 1. The average molecular weight is 387 g/mol. The van der Waals surface area contributed by atoms with Crippen LogP contribution in [0.1, 0.15) is 26.0 Å². The Morgan fingerprint density at radius 2 is 2.00 bits per heavy atom. The molecule has 148 valence electrons. The molecule has 0 spiro atoms. The normalized spacial score (nSPS) is 16.5. The van der Waals surface area contributed by atoms with Gasteiger partial charge in [0.1, 0.15) is 12.3 Å². The van der Waals surface area contributed by atoms with Crippen LogP contribution in [0.2, 0.25) is 0 Å². The van der Waals surface area contributed by atoms with E-state index in [1.807, 2.05) is 19.1 Å². The second-order valence-electron chi connectivity index (χ2n) is 6.13. The molecule has 2 amide bonds. The molecule has 0 aliphatic carbocycles. The Morgan fingerprint density at radius 3 is 2.75 bits per heavy atom. The fourth-order valence-corrected chi connectivity index (χ4v) is 2.98. The van der Waals surface area contributed by atoms with Crippen LogP contribution >= 0.6 is 0 Å². The highest BCUT2D eigenvalue weighted by molar-refractivity contribution is 5.95. The maximum absolute atomic E-state index is 12.3. The molecule has 3 rings (SSSR count). The molecule has 0 saturated heterocycles. The summed E-state index contributed by atoms with van der Waals surface area (Å²) in [4.78, 5) is 36.4. The maximum Gasteiger partial charge on any atom is 0.338 e. The van der Waals surface area contributed by atoms with E-state index >= 15 is 0 Å². The number of esters is 2. The van der Waals surface area contributed by atoms with Gasteiger partial charge in [0.05, 0.1) is 30.3 Å². The smallest absolute Gasteiger partial charge is 0.338 e. The Hall–Kier alpha value is -3.36. The molecule has 1 aromatic carbocycles. The summed E-state index contributed by atoms with van der Waals surface area (Å²) < 4.78 is 15.5. The SMILES string of the molecule is CCOC(=O)C1=C(COC(=O)Cc2noc3ccccc23)NC(=O)N[C@H]1CC. The average Bonchev–Trinajstić information content (AvgIpc) is 3.08. The molecule has 28 heavy (non-hydrogen) atoms. The molecule has 0 radical (unpaired) electrons. The van der Waals surface area contributed by atoms with E-state index < -0.39 is 24.0 Å². The number of urea groups is 1. The number of benzene rings is 1. The molecule has 0 fully saturated rings. The first kappa shape index (κ1) is 19.4. The van der Waals surface area contributed by atoms with Crippen LogP contribution in [0.25, 0.3) is 11.0 Å². The van der Waals surface area contributed by atoms with Crippen LogP contribution in [-0.4, -0.2) is 42.4 Å². The molecular weight excluding hydrogens is 366 g/mol. The van der Waals surface area contributed by atoms with Crippen molar-refractivity contribution in [1.29, 1.82) is 0 Å². The highest BCUT2D eigenvalue weighted by Gasteiger charge is 2.32. The molecule has 2 aromatic rings. The summed E-state index contributed by atoms with van der Waals surface area (Å²) >= 11 is 0. The van der Waals surface area contributed by atoms with Crippen molar-refractivity contribution in [3.63, 3.8) is 0 Å². The van der Waals surface area contributed by atoms with Crippen LogP contribution in [0, 0.1) is 0 Å². The van der Waals surface area contributed by atoms with E-state index in [1.54, 1.807) is 19.1 Å². The number of ether oxygens (including phenoxy) is 2. The van der Waals surface area contributed by atoms with Crippen molar-refractivity contribution < 1.29 is 28.4 Å². The Labute approximate surface area is 161 Å². The van der Waals surface area contributed by atoms with E-state index in [0.717, 1.165) is 5.39 Å². The first-order chi connectivity index (χ1) is 13.5. The lowest BCUT2D eigenvalue weighted by Gasteiger charge is -2.28. The van der Waals surface area contributed by atoms with E-state index in [1.165, 1.54) is 0 Å². The number of hydrogen-bond acceptors (Lipinski definition) is 7. The summed E-state index contributed by atoms with van der Waals surface area (Å²) in [6.07, 6.45) is 0.395. The van der Waals surface area contributed by atoms with Gasteiger partial charge in [-0.1, -0.05) is 24.2 Å². The molecule has 0 saturated carbocycles. The molecule has 1 aliphatic heterocycles. The Kier molecular flexibility index (Phi) is 5.93. The highest BCUT2D eigenvalue weighted by Crippen LogP contribution is 2.20. The molecule has 2 heterocycles. The summed E-state index contributed by atoms with van der Waals surface area (Å²) in [7, 11) is 0. The zero-order valence-corrected chi connectivity index (χ0v) is 15.6. The van der Waals surface area contributed by atoms with Gasteiger partial charge in [0, 0.05) is 5.39 Å². The predicted molar refractivity (Wildman–Crippen MR) is 98.1 cm³/mol. The monoisotopic (exact) mass is 387 g/mol. The zero-order valence-electron chi connectivity index (χ0n) is 15.6. The number of nitrogens with one attached hydrogen (secondary N) is 2. The number of aromatic nitrogens is 1. The van der Waals surface area contributed by atoms with E-state index in [4.69, 9.17) is 14.0 Å². The third-order valence-electron chi connectivity index (χ3n) is 4.29. The molecule has 0 unspecified atom stereocenters. The Balaban J connectivity index is 1.73. The highest BCUT2D eigenvalue weighted by atomic mass is 16.5. The topological polar surface area (TPSA) is 120 Å². The van der Waals surface area contributed by atoms with Gasteiger partial charge in [0.15, 0.2) is 5.58 Å². The number of carbonyl (C=O) groups is 3. The Bertz CT molecular complexity index is 933. The van der Waals surface area contributed by atoms with Crippen molar-refractivity contribution in [2.45, 2.75) is 32.7 Å². The van der Waals surface area contributed by atoms with Gasteiger partial charge in [-0.25, -0.2) is 9.59 Å². The molecule has 1 aromatic heterocycles. The van der Waals surface area contributed by atoms with E-state index in [0.29, 0.717) is 17.7 Å². The van der Waals surface area contributed by atoms with Gasteiger partial charge in [0.25, 0.3) is 0 Å². The quantitative estimate of drug-likeness (QED) is 0.695. The summed E-state index contributed by atoms with van der Waals surface area (Å²) in [5, 5.41) is 9.81. The first-order valence-electron chi connectivity index (χ1n) is 9.00. The lowest BCUT2D eigenvalue weighted by atomic mass is 10.0. The van der Waals surface area contributed by atoms with Gasteiger partial charge in [0.2, 0.25) is 0 Å². The standard InChI is InChI=1S/C19H21N3O6/c1-3-12-17(18(24)26-4-2)14(21-19(25)20-12)10-27-16(23)9-13-11-7-5-6-8-15(11)28-22-13/h5-8,12H,3-4,9-10H2,1-2H3,(H2,20,21,25)/t12-/m0/s1. The van der Waals surface area contributed by atoms with E-state index in [2.05, 4.69) is 15.8 Å². The van der Waals surface area contributed by atoms with Gasteiger partial charge in [-0.2, -0.15) is 0 Å². The number of amides is 2. The predicted octanol–water partition coefficient (Wildman–Crippen LogP) is 1.82. The maximum atomic E-state index is 12.3. The van der Waals surface area contributed by atoms with Crippen molar-refractivity contribution >= 4 is 28.9 Å². The van der Waals surface area contributed by atoms with Gasteiger partial charge >= 0.3 is 18.0 Å². The minimum atomic E-state index is -0.560. The number of rotatable bonds is 7. The van der Waals surface area contributed by atoms with Crippen LogP contribution < -0.4 is 10.6 Å². The minimum absolute atomic E-state index is 0.0948. The number of carbonyl (C=O) groups excluding carboxylic acids is 3. The van der Waals surface area contributed by atoms with Crippen LogP contribution in [0.5, 0.6) is 0 Å². The fraction of sp³-hybridized carbons (Fsp3) is 0.368. The molecule has 9 heteroatoms. The number of para-hydroxylation sites is 1. The molecular formula is C19H21N3O6. The summed E-state index contributed by atoms with van der Waals surface area (Å²) in [6, 6.07) is 6.20. The molecule has 0 bridgehead atoms. The van der Waals surface area contributed by atoms with Crippen LogP contribution in [0.15, 0.2) is 40.1 Å². The lowest BCUT2D eigenvalue weighted by Crippen LogP contribution is -2.51. The lowest BCUT2D eigenvalue weighted by molar-refractivity contribution is -0.143. The van der Waals surface area contributed by atoms with E-state index in [-0.39, 0.29) is 30.9 Å². The van der Waals surface area contributed by atoms with Crippen molar-refractivity contribution in [3.05, 3.63) is 41.2 Å². The van der Waals surface area contributed by atoms with Crippen molar-refractivity contribution in [2.75, 3.05) is 13.2 Å². The van der Waals surface area contributed by atoms with Gasteiger partial charge in [-0.15, -0.1) is 0 Å². The fourth-order valence-electron chi connectivity index (χ4n) is 2.98. The Morgan fingerprint density at radius 1 is 1.21 bits per heavy atom. The summed E-state index contributed by atoms with van der Waals surface area (Å²) in [5.41, 5.74) is 1.51. The minimum Gasteiger partial charge on any atom is -0.463 e. The van der Waals surface area contributed by atoms with Crippen molar-refractivity contribution in [2.24, 2.45) is 0 Å². The second-order valence-corrected chi connectivity index (χ2v) is 6.13. The largest absolute Gasteiger partial charge is 0.463 e. The third-order valence-corrected chi connectivity index (χ3v) is 4.29. The van der Waals surface area contributed by atoms with Crippen LogP contribution in [0.3, 0.4) is 0 Å². The van der Waals surface area contributed by atoms with Crippen LogP contribution in [0.4, 0.5) is 4.79 Å². The summed E-state index contributed by atoms with van der Waals surface area (Å²) in [6.45, 7) is 3.46.